The van der Waals surface area contributed by atoms with Gasteiger partial charge in [-0.25, -0.2) is 9.97 Å². The Bertz CT molecular complexity index is 371. The minimum Gasteiger partial charge on any atom is -0.481 e. The van der Waals surface area contributed by atoms with Gasteiger partial charge in [0.2, 0.25) is 5.88 Å². The number of piperidine rings is 1. The van der Waals surface area contributed by atoms with Crippen molar-refractivity contribution in [1.29, 1.82) is 0 Å². The van der Waals surface area contributed by atoms with Gasteiger partial charge < -0.3 is 15.4 Å². The third-order valence-electron chi connectivity index (χ3n) is 3.40. The summed E-state index contributed by atoms with van der Waals surface area (Å²) in [5.74, 6) is 1.52. The summed E-state index contributed by atoms with van der Waals surface area (Å²) >= 11 is 0. The van der Waals surface area contributed by atoms with Crippen LogP contribution in [0, 0.1) is 0 Å². The van der Waals surface area contributed by atoms with Crippen LogP contribution in [0.1, 0.15) is 26.2 Å². The number of methoxy groups -OCH3 is 1. The minimum atomic E-state index is 0.373. The molecule has 2 rings (SSSR count). The van der Waals surface area contributed by atoms with Crippen LogP contribution < -0.4 is 15.4 Å². The zero-order valence-corrected chi connectivity index (χ0v) is 10.5. The number of nitrogens with zero attached hydrogens (tertiary/aromatic N) is 3. The number of hydrogen-bond donors (Lipinski definition) is 1. The summed E-state index contributed by atoms with van der Waals surface area (Å²) < 4.78 is 5.14. The van der Waals surface area contributed by atoms with E-state index in [0.29, 0.717) is 24.5 Å². The molecule has 0 amide bonds. The van der Waals surface area contributed by atoms with E-state index >= 15 is 0 Å². The third-order valence-corrected chi connectivity index (χ3v) is 3.40. The molecule has 1 aliphatic rings. The summed E-state index contributed by atoms with van der Waals surface area (Å²) in [6.45, 7) is 2.88. The molecule has 5 nitrogen and oxygen atoms in total. The van der Waals surface area contributed by atoms with Gasteiger partial charge >= 0.3 is 0 Å². The van der Waals surface area contributed by atoms with Gasteiger partial charge in [-0.05, 0) is 26.2 Å². The Morgan fingerprint density at radius 1 is 1.47 bits per heavy atom. The van der Waals surface area contributed by atoms with Gasteiger partial charge in [0.25, 0.3) is 0 Å². The molecule has 2 N–H and O–H groups in total. The van der Waals surface area contributed by atoms with E-state index in [0.717, 1.165) is 12.2 Å². The first-order chi connectivity index (χ1) is 8.26. The topological polar surface area (TPSA) is 64.3 Å². The zero-order chi connectivity index (χ0) is 12.3. The molecule has 0 radical (unpaired) electrons. The van der Waals surface area contributed by atoms with Crippen molar-refractivity contribution >= 4 is 5.82 Å². The number of rotatable bonds is 3. The minimum absolute atomic E-state index is 0.373. The molecule has 1 aliphatic heterocycles. The quantitative estimate of drug-likeness (QED) is 0.854. The van der Waals surface area contributed by atoms with E-state index in [2.05, 4.69) is 21.8 Å². The fourth-order valence-corrected chi connectivity index (χ4v) is 2.51. The van der Waals surface area contributed by atoms with Crippen molar-refractivity contribution in [2.75, 3.05) is 18.6 Å². The number of hydrogen-bond acceptors (Lipinski definition) is 5. The van der Waals surface area contributed by atoms with Gasteiger partial charge in [-0.3, -0.25) is 0 Å². The Hall–Kier alpha value is -1.36. The summed E-state index contributed by atoms with van der Waals surface area (Å²) in [4.78, 5) is 10.7. The molecular formula is C12H20N4O. The fourth-order valence-electron chi connectivity index (χ4n) is 2.51. The lowest BCUT2D eigenvalue weighted by atomic mass is 9.96. The maximum Gasteiger partial charge on any atom is 0.218 e. The number of aromatic nitrogens is 2. The van der Waals surface area contributed by atoms with E-state index in [1.54, 1.807) is 13.4 Å². The second kappa shape index (κ2) is 5.31. The van der Waals surface area contributed by atoms with Crippen LogP contribution in [-0.2, 0) is 0 Å². The third kappa shape index (κ3) is 2.49. The average Bonchev–Trinajstić information content (AvgIpc) is 2.38. The lowest BCUT2D eigenvalue weighted by molar-refractivity contribution is 0.386. The van der Waals surface area contributed by atoms with Crippen LogP contribution in [0.5, 0.6) is 5.88 Å². The van der Waals surface area contributed by atoms with Crippen LogP contribution in [0.2, 0.25) is 0 Å². The summed E-state index contributed by atoms with van der Waals surface area (Å²) in [6, 6.07) is 2.72. The van der Waals surface area contributed by atoms with E-state index in [9.17, 15) is 0 Å². The largest absolute Gasteiger partial charge is 0.481 e. The Labute approximate surface area is 102 Å². The second-order valence-corrected chi connectivity index (χ2v) is 4.50. The molecule has 2 unspecified atom stereocenters. The Balaban J connectivity index is 2.27. The molecule has 1 fully saturated rings. The van der Waals surface area contributed by atoms with Crippen LogP contribution in [0.3, 0.4) is 0 Å². The monoisotopic (exact) mass is 236 g/mol. The molecule has 0 saturated carbocycles. The maximum atomic E-state index is 5.85. The van der Waals surface area contributed by atoms with Crippen LogP contribution in [0.4, 0.5) is 5.82 Å². The number of ether oxygens (including phenoxy) is 1. The van der Waals surface area contributed by atoms with Crippen molar-refractivity contribution in [3.8, 4) is 5.88 Å². The molecule has 0 aliphatic carbocycles. The van der Waals surface area contributed by atoms with Gasteiger partial charge in [0.05, 0.1) is 7.11 Å². The predicted octanol–water partition coefficient (Wildman–Crippen LogP) is 1.19. The molecule has 17 heavy (non-hydrogen) atoms. The highest BCUT2D eigenvalue weighted by molar-refractivity contribution is 5.43. The van der Waals surface area contributed by atoms with Crippen molar-refractivity contribution in [3.05, 3.63) is 12.4 Å². The molecule has 94 valence electrons. The predicted molar refractivity (Wildman–Crippen MR) is 67.2 cm³/mol. The smallest absolute Gasteiger partial charge is 0.218 e. The van der Waals surface area contributed by atoms with Crippen molar-refractivity contribution in [2.24, 2.45) is 5.73 Å². The molecule has 2 atom stereocenters. The van der Waals surface area contributed by atoms with Crippen LogP contribution >= 0.6 is 0 Å². The van der Waals surface area contributed by atoms with E-state index < -0.39 is 0 Å². The maximum absolute atomic E-state index is 5.85. The highest BCUT2D eigenvalue weighted by atomic mass is 16.5. The first kappa shape index (κ1) is 12.1. The van der Waals surface area contributed by atoms with Crippen molar-refractivity contribution in [3.63, 3.8) is 0 Å². The van der Waals surface area contributed by atoms with Gasteiger partial charge in [-0.15, -0.1) is 0 Å². The van der Waals surface area contributed by atoms with E-state index in [1.807, 2.05) is 6.07 Å². The number of anilines is 1. The van der Waals surface area contributed by atoms with Crippen molar-refractivity contribution in [1.82, 2.24) is 9.97 Å². The highest BCUT2D eigenvalue weighted by Crippen LogP contribution is 2.28. The van der Waals surface area contributed by atoms with E-state index in [1.165, 1.54) is 12.8 Å². The lowest BCUT2D eigenvalue weighted by Crippen LogP contribution is -2.49. The second-order valence-electron chi connectivity index (χ2n) is 4.50. The Morgan fingerprint density at radius 3 is 3.00 bits per heavy atom. The van der Waals surface area contributed by atoms with E-state index in [-0.39, 0.29) is 0 Å². The molecule has 0 bridgehead atoms. The summed E-state index contributed by atoms with van der Waals surface area (Å²) in [7, 11) is 1.62. The normalized spacial score (nSPS) is 24.8. The van der Waals surface area contributed by atoms with Crippen LogP contribution in [0.15, 0.2) is 12.4 Å². The Morgan fingerprint density at radius 2 is 2.29 bits per heavy atom. The summed E-state index contributed by atoms with van der Waals surface area (Å²) in [5, 5.41) is 0. The van der Waals surface area contributed by atoms with Gasteiger partial charge in [0.1, 0.15) is 12.1 Å². The zero-order valence-electron chi connectivity index (χ0n) is 10.5. The Kier molecular flexibility index (Phi) is 3.78. The molecule has 1 aromatic heterocycles. The molecule has 0 aromatic carbocycles. The first-order valence-corrected chi connectivity index (χ1v) is 6.10. The fraction of sp³-hybridized carbons (Fsp3) is 0.667. The standard InChI is InChI=1S/C12H20N4O/c1-9-4-3-5-10(7-13)16(9)11-6-12(17-2)15-8-14-11/h6,8-10H,3-5,7,13H2,1-2H3. The molecule has 1 saturated heterocycles. The first-order valence-electron chi connectivity index (χ1n) is 6.10. The van der Waals surface area contributed by atoms with Crippen LogP contribution in [-0.4, -0.2) is 35.7 Å². The molecule has 5 heteroatoms. The molecule has 1 aromatic rings. The van der Waals surface area contributed by atoms with Crippen LogP contribution in [0.25, 0.3) is 0 Å². The number of nitrogens with two attached hydrogens (primary N) is 1. The highest BCUT2D eigenvalue weighted by Gasteiger charge is 2.28. The molecular weight excluding hydrogens is 216 g/mol. The average molecular weight is 236 g/mol. The van der Waals surface area contributed by atoms with Crippen molar-refractivity contribution in [2.45, 2.75) is 38.3 Å². The van der Waals surface area contributed by atoms with Gasteiger partial charge in [0.15, 0.2) is 0 Å². The van der Waals surface area contributed by atoms with Gasteiger partial charge in [-0.2, -0.15) is 0 Å². The van der Waals surface area contributed by atoms with E-state index in [4.69, 9.17) is 10.5 Å². The van der Waals surface area contributed by atoms with Crippen molar-refractivity contribution < 1.29 is 4.74 Å². The lowest BCUT2D eigenvalue weighted by Gasteiger charge is -2.41. The molecule has 2 heterocycles. The molecule has 0 spiro atoms. The summed E-state index contributed by atoms with van der Waals surface area (Å²) in [6.07, 6.45) is 5.10. The SMILES string of the molecule is COc1cc(N2C(C)CCCC2CN)ncn1. The summed E-state index contributed by atoms with van der Waals surface area (Å²) in [5.41, 5.74) is 5.85. The van der Waals surface area contributed by atoms with Gasteiger partial charge in [0, 0.05) is 24.7 Å². The van der Waals surface area contributed by atoms with Gasteiger partial charge in [-0.1, -0.05) is 0 Å².